The van der Waals surface area contributed by atoms with Crippen LogP contribution in [0.1, 0.15) is 10.4 Å². The third kappa shape index (κ3) is 2.01. The summed E-state index contributed by atoms with van der Waals surface area (Å²) in [5, 5.41) is 4.53. The van der Waals surface area contributed by atoms with Crippen LogP contribution < -0.4 is 0 Å². The number of aromatic amines is 1. The molecule has 0 aliphatic carbocycles. The van der Waals surface area contributed by atoms with Crippen molar-refractivity contribution < 1.29 is 4.79 Å². The van der Waals surface area contributed by atoms with Gasteiger partial charge in [0.1, 0.15) is 0 Å². The van der Waals surface area contributed by atoms with E-state index in [4.69, 9.17) is 0 Å². The van der Waals surface area contributed by atoms with Gasteiger partial charge in [-0.1, -0.05) is 72.8 Å². The molecule has 0 unspecified atom stereocenters. The van der Waals surface area contributed by atoms with E-state index in [0.29, 0.717) is 0 Å². The molecule has 0 aliphatic rings. The zero-order valence-corrected chi connectivity index (χ0v) is 13.5. The maximum Gasteiger partial charge on any atom is 0.150 e. The van der Waals surface area contributed by atoms with Crippen molar-refractivity contribution >= 4 is 38.9 Å². The van der Waals surface area contributed by atoms with Gasteiger partial charge in [0.2, 0.25) is 0 Å². The van der Waals surface area contributed by atoms with E-state index in [0.717, 1.165) is 44.8 Å². The van der Waals surface area contributed by atoms with Crippen LogP contribution in [-0.4, -0.2) is 11.3 Å². The fourth-order valence-electron chi connectivity index (χ4n) is 3.76. The fourth-order valence-corrected chi connectivity index (χ4v) is 3.76. The number of rotatable bonds is 2. The molecular weight excluding hydrogens is 306 g/mol. The molecule has 0 fully saturated rings. The molecule has 1 aromatic heterocycles. The lowest BCUT2D eigenvalue weighted by molar-refractivity contribution is 0.112. The largest absolute Gasteiger partial charge is 0.354 e. The van der Waals surface area contributed by atoms with E-state index in [2.05, 4.69) is 47.4 Å². The van der Waals surface area contributed by atoms with Crippen LogP contribution in [-0.2, 0) is 0 Å². The van der Waals surface area contributed by atoms with Gasteiger partial charge in [-0.25, -0.2) is 0 Å². The first-order valence-corrected chi connectivity index (χ1v) is 8.33. The van der Waals surface area contributed by atoms with E-state index in [1.54, 1.807) is 0 Å². The van der Waals surface area contributed by atoms with Gasteiger partial charge in [0.15, 0.2) is 6.29 Å². The third-order valence-electron chi connectivity index (χ3n) is 4.92. The molecule has 2 nitrogen and oxygen atoms in total. The normalized spacial score (nSPS) is 11.4. The first-order valence-electron chi connectivity index (χ1n) is 8.33. The third-order valence-corrected chi connectivity index (χ3v) is 4.92. The number of aldehydes is 1. The molecule has 0 bridgehead atoms. The summed E-state index contributed by atoms with van der Waals surface area (Å²) in [5.41, 5.74) is 5.29. The molecule has 4 aromatic carbocycles. The lowest BCUT2D eigenvalue weighted by Gasteiger charge is -2.10. The number of nitrogens with one attached hydrogen (secondary N) is 1. The molecule has 0 saturated heterocycles. The van der Waals surface area contributed by atoms with Crippen LogP contribution >= 0.6 is 0 Å². The second-order valence-corrected chi connectivity index (χ2v) is 6.26. The van der Waals surface area contributed by atoms with Crippen LogP contribution in [0.25, 0.3) is 43.7 Å². The highest BCUT2D eigenvalue weighted by molar-refractivity contribution is 6.15. The fraction of sp³-hybridized carbons (Fsp3) is 0. The van der Waals surface area contributed by atoms with Gasteiger partial charge in [0.05, 0.1) is 5.52 Å². The lowest BCUT2D eigenvalue weighted by Crippen LogP contribution is -1.88. The van der Waals surface area contributed by atoms with Crippen LogP contribution in [0.3, 0.4) is 0 Å². The molecule has 5 aromatic rings. The highest BCUT2D eigenvalue weighted by Gasteiger charge is 2.12. The Bertz CT molecular complexity index is 1260. The summed E-state index contributed by atoms with van der Waals surface area (Å²) in [5.74, 6) is 0. The molecule has 5 rings (SSSR count). The highest BCUT2D eigenvalue weighted by atomic mass is 16.1. The van der Waals surface area contributed by atoms with Crippen molar-refractivity contribution in [3.05, 3.63) is 84.4 Å². The number of para-hydroxylation sites is 2. The molecule has 1 heterocycles. The summed E-state index contributed by atoms with van der Waals surface area (Å²) < 4.78 is 0. The Morgan fingerprint density at radius 1 is 0.600 bits per heavy atom. The number of carbonyl (C=O) groups excluding carboxylic acids is 1. The first kappa shape index (κ1) is 14.0. The monoisotopic (exact) mass is 321 g/mol. The Morgan fingerprint density at radius 3 is 2.16 bits per heavy atom. The van der Waals surface area contributed by atoms with Gasteiger partial charge in [0, 0.05) is 27.4 Å². The zero-order valence-electron chi connectivity index (χ0n) is 13.5. The number of aromatic nitrogens is 1. The van der Waals surface area contributed by atoms with Gasteiger partial charge >= 0.3 is 0 Å². The molecule has 118 valence electrons. The summed E-state index contributed by atoms with van der Waals surface area (Å²) in [6.45, 7) is 0. The summed E-state index contributed by atoms with van der Waals surface area (Å²) in [6.07, 6.45) is 0.926. The minimum absolute atomic E-state index is 0.725. The lowest BCUT2D eigenvalue weighted by atomic mass is 9.94. The van der Waals surface area contributed by atoms with Gasteiger partial charge in [-0.2, -0.15) is 0 Å². The Hall–Kier alpha value is -3.39. The van der Waals surface area contributed by atoms with Gasteiger partial charge in [-0.15, -0.1) is 0 Å². The molecule has 0 radical (unpaired) electrons. The smallest absolute Gasteiger partial charge is 0.150 e. The molecule has 0 saturated carbocycles. The number of hydrogen-bond donors (Lipinski definition) is 1. The predicted molar refractivity (Wildman–Crippen MR) is 104 cm³/mol. The quantitative estimate of drug-likeness (QED) is 0.400. The van der Waals surface area contributed by atoms with Crippen molar-refractivity contribution in [2.24, 2.45) is 0 Å². The second kappa shape index (κ2) is 5.32. The van der Waals surface area contributed by atoms with Gasteiger partial charge in [0.25, 0.3) is 0 Å². The maximum atomic E-state index is 11.4. The molecule has 0 atom stereocenters. The van der Waals surface area contributed by atoms with Crippen molar-refractivity contribution in [2.75, 3.05) is 0 Å². The number of hydrogen-bond acceptors (Lipinski definition) is 1. The van der Waals surface area contributed by atoms with E-state index in [-0.39, 0.29) is 0 Å². The Balaban J connectivity index is 1.91. The Labute approximate surface area is 144 Å². The van der Waals surface area contributed by atoms with Crippen molar-refractivity contribution in [1.82, 2.24) is 4.98 Å². The molecule has 25 heavy (non-hydrogen) atoms. The SMILES string of the molecule is O=Cc1ccc(-c2cccc3c2[nH]c2ccccc23)c2ccccc12. The van der Waals surface area contributed by atoms with E-state index >= 15 is 0 Å². The molecule has 2 heteroatoms. The predicted octanol–water partition coefficient (Wildman–Crippen LogP) is 5.95. The molecule has 0 aliphatic heterocycles. The van der Waals surface area contributed by atoms with Crippen LogP contribution in [0.2, 0.25) is 0 Å². The van der Waals surface area contributed by atoms with Crippen LogP contribution in [0.4, 0.5) is 0 Å². The van der Waals surface area contributed by atoms with Crippen molar-refractivity contribution in [3.8, 4) is 11.1 Å². The molecular formula is C23H15NO. The minimum atomic E-state index is 0.725. The van der Waals surface area contributed by atoms with Crippen molar-refractivity contribution in [3.63, 3.8) is 0 Å². The Morgan fingerprint density at radius 2 is 1.32 bits per heavy atom. The topological polar surface area (TPSA) is 32.9 Å². The van der Waals surface area contributed by atoms with E-state index < -0.39 is 0 Å². The van der Waals surface area contributed by atoms with Crippen molar-refractivity contribution in [1.29, 1.82) is 0 Å². The van der Waals surface area contributed by atoms with Crippen molar-refractivity contribution in [2.45, 2.75) is 0 Å². The van der Waals surface area contributed by atoms with Crippen LogP contribution in [0.5, 0.6) is 0 Å². The molecule has 1 N–H and O–H groups in total. The van der Waals surface area contributed by atoms with E-state index in [1.807, 2.05) is 36.4 Å². The van der Waals surface area contributed by atoms with Gasteiger partial charge < -0.3 is 4.98 Å². The van der Waals surface area contributed by atoms with Gasteiger partial charge in [-0.3, -0.25) is 4.79 Å². The summed E-state index contributed by atoms with van der Waals surface area (Å²) in [6, 6.07) is 26.8. The molecule has 0 spiro atoms. The van der Waals surface area contributed by atoms with Crippen LogP contribution in [0.15, 0.2) is 78.9 Å². The number of carbonyl (C=O) groups is 1. The summed E-state index contributed by atoms with van der Waals surface area (Å²) in [7, 11) is 0. The zero-order chi connectivity index (χ0) is 16.8. The summed E-state index contributed by atoms with van der Waals surface area (Å²) in [4.78, 5) is 15.0. The first-order chi connectivity index (χ1) is 12.4. The van der Waals surface area contributed by atoms with Crippen LogP contribution in [0, 0.1) is 0 Å². The highest BCUT2D eigenvalue weighted by Crippen LogP contribution is 2.36. The second-order valence-electron chi connectivity index (χ2n) is 6.26. The standard InChI is InChI=1S/C23H15NO/c25-14-15-12-13-18(17-7-2-1-6-16(15)17)20-9-5-10-21-19-8-3-4-11-22(19)24-23(20)21/h1-14,24H. The Kier molecular flexibility index (Phi) is 2.98. The van der Waals surface area contributed by atoms with E-state index in [9.17, 15) is 4.79 Å². The minimum Gasteiger partial charge on any atom is -0.354 e. The number of fused-ring (bicyclic) bond motifs is 4. The van der Waals surface area contributed by atoms with Gasteiger partial charge in [-0.05, 0) is 22.4 Å². The average molecular weight is 321 g/mol. The summed E-state index contributed by atoms with van der Waals surface area (Å²) >= 11 is 0. The molecule has 0 amide bonds. The van der Waals surface area contributed by atoms with E-state index in [1.165, 1.54) is 10.8 Å². The average Bonchev–Trinajstić information content (AvgIpc) is 3.06. The number of H-pyrrole nitrogens is 1. The number of benzene rings is 4. The maximum absolute atomic E-state index is 11.4.